The molecule has 0 saturated carbocycles. The Bertz CT molecular complexity index is 679. The van der Waals surface area contributed by atoms with E-state index in [0.29, 0.717) is 17.2 Å². The van der Waals surface area contributed by atoms with Crippen LogP contribution in [0.4, 0.5) is 11.4 Å². The molecule has 2 aromatic carbocycles. The van der Waals surface area contributed by atoms with Crippen LogP contribution in [0.5, 0.6) is 0 Å². The van der Waals surface area contributed by atoms with Gasteiger partial charge in [-0.25, -0.2) is 8.42 Å². The van der Waals surface area contributed by atoms with Gasteiger partial charge in [0.2, 0.25) is 0 Å². The first-order valence-electron chi connectivity index (χ1n) is 6.80. The minimum Gasteiger partial charge on any atom is -0.356 e. The third kappa shape index (κ3) is 4.22. The molecule has 0 bridgehead atoms. The Balaban J connectivity index is 2.12. The Hall–Kier alpha value is -1.52. The molecular weight excluding hydrogens is 306 g/mol. The minimum absolute atomic E-state index is 0.180. The fourth-order valence-electron chi connectivity index (χ4n) is 1.98. The molecule has 0 radical (unpaired) electrons. The van der Waals surface area contributed by atoms with Crippen LogP contribution in [0.1, 0.15) is 18.9 Å². The summed E-state index contributed by atoms with van der Waals surface area (Å²) in [5.41, 5.74) is 2.85. The highest BCUT2D eigenvalue weighted by atomic mass is 35.5. The molecule has 21 heavy (non-hydrogen) atoms. The normalized spacial score (nSPS) is 11.3. The smallest absolute Gasteiger partial charge is 0.178 e. The van der Waals surface area contributed by atoms with E-state index in [1.807, 2.05) is 31.2 Å². The number of rotatable bonds is 6. The molecule has 112 valence electrons. The summed E-state index contributed by atoms with van der Waals surface area (Å²) in [7, 11) is -3.15. The molecule has 0 saturated heterocycles. The Kier molecular flexibility index (Phi) is 5.26. The van der Waals surface area contributed by atoms with E-state index >= 15 is 0 Å². The summed E-state index contributed by atoms with van der Waals surface area (Å²) >= 11 is 5.75. The van der Waals surface area contributed by atoms with E-state index in [-0.39, 0.29) is 5.75 Å². The number of benzene rings is 2. The first-order valence-corrected chi connectivity index (χ1v) is 8.98. The van der Waals surface area contributed by atoms with E-state index in [1.165, 1.54) is 0 Å². The maximum atomic E-state index is 11.9. The number of nitrogens with one attached hydrogen (secondary N) is 1. The van der Waals surface area contributed by atoms with Gasteiger partial charge in [-0.3, -0.25) is 0 Å². The van der Waals surface area contributed by atoms with Crippen molar-refractivity contribution in [2.24, 2.45) is 0 Å². The second-order valence-corrected chi connectivity index (χ2v) is 7.18. The molecule has 0 aliphatic heterocycles. The summed E-state index contributed by atoms with van der Waals surface area (Å²) in [4.78, 5) is 0.368. The predicted molar refractivity (Wildman–Crippen MR) is 88.1 cm³/mol. The average Bonchev–Trinajstić information content (AvgIpc) is 2.48. The van der Waals surface area contributed by atoms with Crippen LogP contribution < -0.4 is 5.32 Å². The van der Waals surface area contributed by atoms with Crippen molar-refractivity contribution in [3.8, 4) is 0 Å². The standard InChI is InChI=1S/C16H18ClNO2S/c1-2-11-21(19,20)16-9-7-15(8-10-16)18-14-5-3-13(12-17)4-6-14/h3-10,18H,2,11-12H2,1H3. The monoisotopic (exact) mass is 323 g/mol. The topological polar surface area (TPSA) is 46.2 Å². The number of halogens is 1. The molecule has 1 N–H and O–H groups in total. The summed E-state index contributed by atoms with van der Waals surface area (Å²) in [5.74, 6) is 0.671. The van der Waals surface area contributed by atoms with E-state index in [9.17, 15) is 8.42 Å². The lowest BCUT2D eigenvalue weighted by Crippen LogP contribution is -2.05. The van der Waals surface area contributed by atoms with Gasteiger partial charge in [0.1, 0.15) is 0 Å². The second kappa shape index (κ2) is 6.96. The van der Waals surface area contributed by atoms with Crippen LogP contribution >= 0.6 is 11.6 Å². The minimum atomic E-state index is -3.15. The van der Waals surface area contributed by atoms with E-state index in [2.05, 4.69) is 5.32 Å². The third-order valence-corrected chi connectivity index (χ3v) is 5.33. The number of anilines is 2. The quantitative estimate of drug-likeness (QED) is 0.804. The molecule has 0 unspecified atom stereocenters. The van der Waals surface area contributed by atoms with Crippen LogP contribution in [0.3, 0.4) is 0 Å². The molecule has 2 aromatic rings. The Morgan fingerprint density at radius 1 is 0.952 bits per heavy atom. The fraction of sp³-hybridized carbons (Fsp3) is 0.250. The Labute approximate surface area is 130 Å². The van der Waals surface area contributed by atoms with Crippen LogP contribution in [-0.4, -0.2) is 14.2 Å². The lowest BCUT2D eigenvalue weighted by atomic mass is 10.2. The lowest BCUT2D eigenvalue weighted by molar-refractivity contribution is 0.595. The van der Waals surface area contributed by atoms with Gasteiger partial charge < -0.3 is 5.32 Å². The van der Waals surface area contributed by atoms with Crippen LogP contribution in [0.2, 0.25) is 0 Å². The zero-order chi connectivity index (χ0) is 15.3. The van der Waals surface area contributed by atoms with E-state index in [0.717, 1.165) is 16.9 Å². The molecule has 0 fully saturated rings. The number of hydrogen-bond donors (Lipinski definition) is 1. The maximum absolute atomic E-state index is 11.9. The molecule has 2 rings (SSSR count). The Morgan fingerprint density at radius 3 is 1.95 bits per heavy atom. The van der Waals surface area contributed by atoms with Crippen molar-refractivity contribution >= 4 is 32.8 Å². The van der Waals surface area contributed by atoms with Gasteiger partial charge in [0.25, 0.3) is 0 Å². The van der Waals surface area contributed by atoms with E-state index in [1.54, 1.807) is 24.3 Å². The maximum Gasteiger partial charge on any atom is 0.178 e. The second-order valence-electron chi connectivity index (χ2n) is 4.80. The molecular formula is C16H18ClNO2S. The highest BCUT2D eigenvalue weighted by Gasteiger charge is 2.12. The van der Waals surface area contributed by atoms with Crippen molar-refractivity contribution in [1.82, 2.24) is 0 Å². The molecule has 5 heteroatoms. The molecule has 0 spiro atoms. The van der Waals surface area contributed by atoms with Crippen molar-refractivity contribution < 1.29 is 8.42 Å². The predicted octanol–water partition coefficient (Wildman–Crippen LogP) is 4.35. The summed E-state index contributed by atoms with van der Waals surface area (Å²) in [5, 5.41) is 3.23. The number of alkyl halides is 1. The van der Waals surface area contributed by atoms with Crippen molar-refractivity contribution in [3.05, 3.63) is 54.1 Å². The van der Waals surface area contributed by atoms with Gasteiger partial charge in [-0.2, -0.15) is 0 Å². The van der Waals surface area contributed by atoms with Crippen molar-refractivity contribution in [2.75, 3.05) is 11.1 Å². The fourth-order valence-corrected chi connectivity index (χ4v) is 3.48. The van der Waals surface area contributed by atoms with Crippen molar-refractivity contribution in [2.45, 2.75) is 24.1 Å². The zero-order valence-electron chi connectivity index (χ0n) is 11.8. The SMILES string of the molecule is CCCS(=O)(=O)c1ccc(Nc2ccc(CCl)cc2)cc1. The highest BCUT2D eigenvalue weighted by Crippen LogP contribution is 2.20. The van der Waals surface area contributed by atoms with Crippen LogP contribution in [0, 0.1) is 0 Å². The van der Waals surface area contributed by atoms with Gasteiger partial charge in [-0.1, -0.05) is 19.1 Å². The highest BCUT2D eigenvalue weighted by molar-refractivity contribution is 7.91. The van der Waals surface area contributed by atoms with Crippen molar-refractivity contribution in [1.29, 1.82) is 0 Å². The van der Waals surface area contributed by atoms with E-state index in [4.69, 9.17) is 11.6 Å². The summed E-state index contributed by atoms with van der Waals surface area (Å²) in [6, 6.07) is 14.6. The largest absolute Gasteiger partial charge is 0.356 e. The van der Waals surface area contributed by atoms with Gasteiger partial charge in [-0.15, -0.1) is 11.6 Å². The van der Waals surface area contributed by atoms with Gasteiger partial charge in [-0.05, 0) is 48.4 Å². The molecule has 0 aliphatic rings. The van der Waals surface area contributed by atoms with Gasteiger partial charge >= 0.3 is 0 Å². The molecule has 0 heterocycles. The van der Waals surface area contributed by atoms with Gasteiger partial charge in [0, 0.05) is 17.3 Å². The van der Waals surface area contributed by atoms with E-state index < -0.39 is 9.84 Å². The van der Waals surface area contributed by atoms with Gasteiger partial charge in [0.05, 0.1) is 10.6 Å². The van der Waals surface area contributed by atoms with Gasteiger partial charge in [0.15, 0.2) is 9.84 Å². The van der Waals surface area contributed by atoms with Crippen LogP contribution in [0.25, 0.3) is 0 Å². The first-order chi connectivity index (χ1) is 10.0. The Morgan fingerprint density at radius 2 is 1.48 bits per heavy atom. The molecule has 0 aromatic heterocycles. The zero-order valence-corrected chi connectivity index (χ0v) is 13.4. The third-order valence-electron chi connectivity index (χ3n) is 3.08. The number of hydrogen-bond acceptors (Lipinski definition) is 3. The number of sulfone groups is 1. The molecule has 3 nitrogen and oxygen atoms in total. The van der Waals surface area contributed by atoms with Crippen molar-refractivity contribution in [3.63, 3.8) is 0 Å². The summed E-state index contributed by atoms with van der Waals surface area (Å²) in [6.45, 7) is 1.86. The molecule has 0 aliphatic carbocycles. The summed E-state index contributed by atoms with van der Waals surface area (Å²) < 4.78 is 23.9. The molecule has 0 atom stereocenters. The lowest BCUT2D eigenvalue weighted by Gasteiger charge is -2.08. The first kappa shape index (κ1) is 15.9. The average molecular weight is 324 g/mol. The summed E-state index contributed by atoms with van der Waals surface area (Å²) in [6.07, 6.45) is 0.620. The van der Waals surface area contributed by atoms with Crippen LogP contribution in [0.15, 0.2) is 53.4 Å². The van der Waals surface area contributed by atoms with Crippen LogP contribution in [-0.2, 0) is 15.7 Å². The molecule has 0 amide bonds.